The largest absolute Gasteiger partial charge is 0.374 e. The van der Waals surface area contributed by atoms with E-state index in [1.165, 1.54) is 0 Å². The van der Waals surface area contributed by atoms with Gasteiger partial charge in [-0.3, -0.25) is 0 Å². The topological polar surface area (TPSA) is 18.5 Å². The van der Waals surface area contributed by atoms with Crippen LogP contribution in [0.15, 0.2) is 24.3 Å². The second kappa shape index (κ2) is 2.47. The van der Waals surface area contributed by atoms with Crippen LogP contribution in [0.4, 0.5) is 0 Å². The van der Waals surface area contributed by atoms with Crippen molar-refractivity contribution >= 4 is 0 Å². The van der Waals surface area contributed by atoms with Crippen LogP contribution in [0.25, 0.3) is 0 Å². The highest BCUT2D eigenvalue weighted by molar-refractivity contribution is 5.22. The number of rotatable bonds is 1. The first-order chi connectivity index (χ1) is 5.31. The SMILES string of the molecule is C=C1C[C@H]2C=C[C@H](O2)[C@H]1OC. The fourth-order valence-corrected chi connectivity index (χ4v) is 1.72. The molecule has 2 heterocycles. The van der Waals surface area contributed by atoms with Gasteiger partial charge in [-0.05, 0) is 5.57 Å². The Hall–Kier alpha value is -0.600. The van der Waals surface area contributed by atoms with Gasteiger partial charge < -0.3 is 9.47 Å². The molecule has 2 bridgehead atoms. The Labute approximate surface area is 66.5 Å². The predicted octanol–water partition coefficient (Wildman–Crippen LogP) is 1.28. The van der Waals surface area contributed by atoms with E-state index in [0.29, 0.717) is 0 Å². The monoisotopic (exact) mass is 152 g/mol. The van der Waals surface area contributed by atoms with Gasteiger partial charge in [0.05, 0.1) is 6.10 Å². The van der Waals surface area contributed by atoms with E-state index in [4.69, 9.17) is 9.47 Å². The maximum atomic E-state index is 5.57. The summed E-state index contributed by atoms with van der Waals surface area (Å²) in [5.41, 5.74) is 1.15. The quantitative estimate of drug-likeness (QED) is 0.527. The van der Waals surface area contributed by atoms with Crippen molar-refractivity contribution < 1.29 is 9.47 Å². The maximum absolute atomic E-state index is 5.57. The molecule has 3 atom stereocenters. The van der Waals surface area contributed by atoms with Crippen molar-refractivity contribution in [3.63, 3.8) is 0 Å². The smallest absolute Gasteiger partial charge is 0.108 e. The Morgan fingerprint density at radius 2 is 2.45 bits per heavy atom. The van der Waals surface area contributed by atoms with Gasteiger partial charge in [0.15, 0.2) is 0 Å². The van der Waals surface area contributed by atoms with Crippen LogP contribution in [0.3, 0.4) is 0 Å². The van der Waals surface area contributed by atoms with E-state index in [1.54, 1.807) is 7.11 Å². The van der Waals surface area contributed by atoms with Crippen molar-refractivity contribution in [2.45, 2.75) is 24.7 Å². The lowest BCUT2D eigenvalue weighted by Gasteiger charge is -2.30. The Morgan fingerprint density at radius 3 is 3.18 bits per heavy atom. The molecule has 0 unspecified atom stereocenters. The Bertz CT molecular complexity index is 208. The van der Waals surface area contributed by atoms with Gasteiger partial charge in [0.1, 0.15) is 12.2 Å². The molecule has 0 radical (unpaired) electrons. The summed E-state index contributed by atoms with van der Waals surface area (Å²) in [4.78, 5) is 0. The third kappa shape index (κ3) is 1.03. The van der Waals surface area contributed by atoms with E-state index in [9.17, 15) is 0 Å². The van der Waals surface area contributed by atoms with Crippen LogP contribution in [0.2, 0.25) is 0 Å². The van der Waals surface area contributed by atoms with Gasteiger partial charge in [-0.2, -0.15) is 0 Å². The molecule has 0 N–H and O–H groups in total. The molecule has 2 nitrogen and oxygen atoms in total. The molecular weight excluding hydrogens is 140 g/mol. The first-order valence-corrected chi connectivity index (χ1v) is 3.85. The fraction of sp³-hybridized carbons (Fsp3) is 0.556. The van der Waals surface area contributed by atoms with E-state index in [2.05, 4.69) is 18.7 Å². The molecule has 0 aromatic rings. The lowest BCUT2D eigenvalue weighted by molar-refractivity contribution is -0.0501. The van der Waals surface area contributed by atoms with E-state index >= 15 is 0 Å². The molecule has 11 heavy (non-hydrogen) atoms. The predicted molar refractivity (Wildman–Crippen MR) is 42.4 cm³/mol. The summed E-state index contributed by atoms with van der Waals surface area (Å²) >= 11 is 0. The second-order valence-electron chi connectivity index (χ2n) is 3.04. The van der Waals surface area contributed by atoms with Gasteiger partial charge >= 0.3 is 0 Å². The highest BCUT2D eigenvalue weighted by Gasteiger charge is 2.34. The van der Waals surface area contributed by atoms with Crippen LogP contribution in [0.5, 0.6) is 0 Å². The van der Waals surface area contributed by atoms with Gasteiger partial charge in [-0.1, -0.05) is 18.7 Å². The fourth-order valence-electron chi connectivity index (χ4n) is 1.72. The van der Waals surface area contributed by atoms with Crippen LogP contribution in [0, 0.1) is 0 Å². The summed E-state index contributed by atoms with van der Waals surface area (Å²) in [5, 5.41) is 0. The molecule has 0 saturated carbocycles. The molecule has 0 amide bonds. The van der Waals surface area contributed by atoms with Gasteiger partial charge in [-0.15, -0.1) is 0 Å². The Kier molecular flexibility index (Phi) is 1.59. The van der Waals surface area contributed by atoms with E-state index in [0.717, 1.165) is 12.0 Å². The molecule has 2 aliphatic rings. The Morgan fingerprint density at radius 1 is 1.64 bits per heavy atom. The normalized spacial score (nSPS) is 41.5. The average molecular weight is 152 g/mol. The van der Waals surface area contributed by atoms with Crippen molar-refractivity contribution in [3.8, 4) is 0 Å². The van der Waals surface area contributed by atoms with Crippen molar-refractivity contribution in [2.75, 3.05) is 7.11 Å². The van der Waals surface area contributed by atoms with Gasteiger partial charge in [0, 0.05) is 13.5 Å². The van der Waals surface area contributed by atoms with Crippen LogP contribution in [-0.4, -0.2) is 25.4 Å². The minimum absolute atomic E-state index is 0.0741. The zero-order chi connectivity index (χ0) is 7.84. The van der Waals surface area contributed by atoms with E-state index < -0.39 is 0 Å². The zero-order valence-corrected chi connectivity index (χ0v) is 6.62. The van der Waals surface area contributed by atoms with Crippen molar-refractivity contribution in [2.24, 2.45) is 0 Å². The number of methoxy groups -OCH3 is 1. The van der Waals surface area contributed by atoms with Gasteiger partial charge in [0.2, 0.25) is 0 Å². The first kappa shape index (κ1) is 7.07. The van der Waals surface area contributed by atoms with Crippen LogP contribution in [-0.2, 0) is 9.47 Å². The molecule has 0 aliphatic carbocycles. The molecule has 2 heteroatoms. The Balaban J connectivity index is 2.19. The standard InChI is InChI=1S/C9H12O2/c1-6-5-7-3-4-8(11-7)9(6)10-2/h3-4,7-9H,1,5H2,2H3/t7-,8+,9+/m1/s1. The molecule has 1 fully saturated rings. The van der Waals surface area contributed by atoms with Crippen LogP contribution >= 0.6 is 0 Å². The van der Waals surface area contributed by atoms with Crippen molar-refractivity contribution in [1.29, 1.82) is 0 Å². The average Bonchev–Trinajstić information content (AvgIpc) is 2.34. The molecule has 2 rings (SSSR count). The van der Waals surface area contributed by atoms with E-state index in [-0.39, 0.29) is 18.3 Å². The zero-order valence-electron chi connectivity index (χ0n) is 6.62. The van der Waals surface area contributed by atoms with Gasteiger partial charge in [0.25, 0.3) is 0 Å². The molecular formula is C9H12O2. The molecule has 0 aromatic carbocycles. The minimum atomic E-state index is 0.0741. The molecule has 1 saturated heterocycles. The summed E-state index contributed by atoms with van der Waals surface area (Å²) in [5.74, 6) is 0. The molecule has 0 aromatic heterocycles. The third-order valence-corrected chi connectivity index (χ3v) is 2.27. The van der Waals surface area contributed by atoms with Gasteiger partial charge in [-0.25, -0.2) is 0 Å². The first-order valence-electron chi connectivity index (χ1n) is 3.85. The third-order valence-electron chi connectivity index (χ3n) is 2.27. The summed E-state index contributed by atoms with van der Waals surface area (Å²) < 4.78 is 10.8. The summed E-state index contributed by atoms with van der Waals surface area (Å²) in [7, 11) is 1.70. The summed E-state index contributed by atoms with van der Waals surface area (Å²) in [6.07, 6.45) is 5.52. The minimum Gasteiger partial charge on any atom is -0.374 e. The molecule has 2 aliphatic heterocycles. The highest BCUT2D eigenvalue weighted by atomic mass is 16.5. The van der Waals surface area contributed by atoms with E-state index in [1.807, 2.05) is 0 Å². The number of hydrogen-bond donors (Lipinski definition) is 0. The summed E-state index contributed by atoms with van der Waals surface area (Å²) in [6, 6.07) is 0. The lowest BCUT2D eigenvalue weighted by atomic mass is 10.0. The molecule has 0 spiro atoms. The molecule has 60 valence electrons. The highest BCUT2D eigenvalue weighted by Crippen LogP contribution is 2.31. The number of fused-ring (bicyclic) bond motifs is 2. The number of ether oxygens (including phenoxy) is 2. The number of hydrogen-bond acceptors (Lipinski definition) is 2. The van der Waals surface area contributed by atoms with Crippen LogP contribution < -0.4 is 0 Å². The summed E-state index contributed by atoms with van der Waals surface area (Å²) in [6.45, 7) is 3.96. The lowest BCUT2D eigenvalue weighted by Crippen LogP contribution is -2.35. The van der Waals surface area contributed by atoms with Crippen molar-refractivity contribution in [3.05, 3.63) is 24.3 Å². The maximum Gasteiger partial charge on any atom is 0.108 e. The van der Waals surface area contributed by atoms with Crippen LogP contribution in [0.1, 0.15) is 6.42 Å². The van der Waals surface area contributed by atoms with Crippen molar-refractivity contribution in [1.82, 2.24) is 0 Å². The second-order valence-corrected chi connectivity index (χ2v) is 3.04.